The molecular weight excluding hydrogens is 423 g/mol. The molecule has 7 nitrogen and oxygen atoms in total. The van der Waals surface area contributed by atoms with E-state index < -0.39 is 17.6 Å². The lowest BCUT2D eigenvalue weighted by Gasteiger charge is -2.38. The SMILES string of the molecule is O=C(NCC1CC1)c1cc2c(nn1)N1CCN(C(=O)c3ccccc3C(F)(F)F)CC1C2. The molecule has 2 amide bonds. The monoisotopic (exact) mass is 445 g/mol. The number of alkyl halides is 3. The first kappa shape index (κ1) is 20.7. The molecule has 3 heterocycles. The number of nitrogens with one attached hydrogen (secondary N) is 1. The minimum absolute atomic E-state index is 0.111. The molecule has 1 N–H and O–H groups in total. The van der Waals surface area contributed by atoms with Crippen molar-refractivity contribution in [2.75, 3.05) is 31.1 Å². The average Bonchev–Trinajstić information content (AvgIpc) is 3.54. The smallest absolute Gasteiger partial charge is 0.350 e. The zero-order chi connectivity index (χ0) is 22.5. The molecule has 5 rings (SSSR count). The standard InChI is InChI=1S/C22H22F3N5O2/c23-22(24,25)17-4-2-1-3-16(17)21(32)29-7-8-30-15(12-29)9-14-10-18(27-28-19(14)30)20(31)26-11-13-5-6-13/h1-4,10,13,15H,5-9,11-12H2,(H,26,31). The van der Waals surface area contributed by atoms with Gasteiger partial charge in [-0.2, -0.15) is 13.2 Å². The van der Waals surface area contributed by atoms with Gasteiger partial charge in [0.25, 0.3) is 11.8 Å². The zero-order valence-corrected chi connectivity index (χ0v) is 17.2. The number of fused-ring (bicyclic) bond motifs is 3. The first-order valence-corrected chi connectivity index (χ1v) is 10.7. The topological polar surface area (TPSA) is 78.4 Å². The summed E-state index contributed by atoms with van der Waals surface area (Å²) in [6.45, 7) is 1.65. The molecule has 0 bridgehead atoms. The molecule has 1 saturated heterocycles. The number of amides is 2. The molecule has 168 valence electrons. The first-order valence-electron chi connectivity index (χ1n) is 10.7. The molecule has 2 aliphatic heterocycles. The van der Waals surface area contributed by atoms with Gasteiger partial charge in [-0.15, -0.1) is 10.2 Å². The average molecular weight is 445 g/mol. The van der Waals surface area contributed by atoms with Crippen LogP contribution in [0.5, 0.6) is 0 Å². The van der Waals surface area contributed by atoms with E-state index in [1.54, 1.807) is 6.07 Å². The Morgan fingerprint density at radius 2 is 1.91 bits per heavy atom. The highest BCUT2D eigenvalue weighted by molar-refractivity contribution is 5.96. The Morgan fingerprint density at radius 3 is 2.66 bits per heavy atom. The minimum atomic E-state index is -4.59. The van der Waals surface area contributed by atoms with Crippen LogP contribution >= 0.6 is 0 Å². The number of piperazine rings is 1. The lowest BCUT2D eigenvalue weighted by Crippen LogP contribution is -2.54. The maximum Gasteiger partial charge on any atom is 0.417 e. The Hall–Kier alpha value is -3.17. The highest BCUT2D eigenvalue weighted by Gasteiger charge is 2.40. The number of anilines is 1. The van der Waals surface area contributed by atoms with Gasteiger partial charge in [0.1, 0.15) is 0 Å². The largest absolute Gasteiger partial charge is 0.417 e. The highest BCUT2D eigenvalue weighted by atomic mass is 19.4. The number of aromatic nitrogens is 2. The van der Waals surface area contributed by atoms with Crippen LogP contribution in [0.2, 0.25) is 0 Å². The van der Waals surface area contributed by atoms with Gasteiger partial charge in [-0.1, -0.05) is 12.1 Å². The maximum absolute atomic E-state index is 13.3. The van der Waals surface area contributed by atoms with Crippen LogP contribution in [0.4, 0.5) is 19.0 Å². The Kier molecular flexibility index (Phi) is 5.02. The second-order valence-corrected chi connectivity index (χ2v) is 8.58. The molecule has 10 heteroatoms. The van der Waals surface area contributed by atoms with Gasteiger partial charge in [0.2, 0.25) is 0 Å². The molecule has 0 spiro atoms. The Labute approximate surface area is 182 Å². The molecule has 1 aromatic carbocycles. The van der Waals surface area contributed by atoms with Gasteiger partial charge < -0.3 is 15.1 Å². The molecule has 1 saturated carbocycles. The third-order valence-electron chi connectivity index (χ3n) is 6.29. The molecular formula is C22H22F3N5O2. The Bertz CT molecular complexity index is 1070. The van der Waals surface area contributed by atoms with Crippen molar-refractivity contribution >= 4 is 17.6 Å². The summed E-state index contributed by atoms with van der Waals surface area (Å²) in [6.07, 6.45) is -1.77. The summed E-state index contributed by atoms with van der Waals surface area (Å²) in [5, 5.41) is 11.2. The fourth-order valence-electron chi connectivity index (χ4n) is 4.41. The van der Waals surface area contributed by atoms with E-state index in [2.05, 4.69) is 15.5 Å². The van der Waals surface area contributed by atoms with Gasteiger partial charge in [-0.3, -0.25) is 9.59 Å². The summed E-state index contributed by atoms with van der Waals surface area (Å²) in [5.41, 5.74) is -0.129. The second kappa shape index (κ2) is 7.75. The Morgan fingerprint density at radius 1 is 1.12 bits per heavy atom. The molecule has 1 unspecified atom stereocenters. The number of carbonyl (C=O) groups excluding carboxylic acids is 2. The molecule has 32 heavy (non-hydrogen) atoms. The molecule has 1 aromatic heterocycles. The van der Waals surface area contributed by atoms with E-state index >= 15 is 0 Å². The lowest BCUT2D eigenvalue weighted by atomic mass is 10.0. The summed E-state index contributed by atoms with van der Waals surface area (Å²) in [5.74, 6) is 0.357. The fraction of sp³-hybridized carbons (Fsp3) is 0.455. The summed E-state index contributed by atoms with van der Waals surface area (Å²) >= 11 is 0. The van der Waals surface area contributed by atoms with Crippen molar-refractivity contribution in [2.45, 2.75) is 31.5 Å². The van der Waals surface area contributed by atoms with Crippen LogP contribution in [0, 0.1) is 5.92 Å². The Balaban J connectivity index is 1.30. The fourth-order valence-corrected chi connectivity index (χ4v) is 4.41. The summed E-state index contributed by atoms with van der Waals surface area (Å²) in [6, 6.07) is 6.49. The van der Waals surface area contributed by atoms with Crippen LogP contribution in [-0.4, -0.2) is 59.1 Å². The van der Waals surface area contributed by atoms with Crippen LogP contribution in [-0.2, 0) is 12.6 Å². The predicted octanol–water partition coefficient (Wildman–Crippen LogP) is 2.52. The molecule has 2 aromatic rings. The number of halogens is 3. The van der Waals surface area contributed by atoms with Crippen molar-refractivity contribution < 1.29 is 22.8 Å². The first-order chi connectivity index (χ1) is 15.3. The highest BCUT2D eigenvalue weighted by Crippen LogP contribution is 2.35. The van der Waals surface area contributed by atoms with E-state index in [4.69, 9.17) is 0 Å². The van der Waals surface area contributed by atoms with Gasteiger partial charge in [-0.25, -0.2) is 0 Å². The van der Waals surface area contributed by atoms with Gasteiger partial charge in [-0.05, 0) is 43.4 Å². The summed E-state index contributed by atoms with van der Waals surface area (Å²) < 4.78 is 40.0. The van der Waals surface area contributed by atoms with Crippen molar-refractivity contribution in [3.63, 3.8) is 0 Å². The normalized spacial score (nSPS) is 20.0. The number of carbonyl (C=O) groups is 2. The van der Waals surface area contributed by atoms with Crippen molar-refractivity contribution in [1.29, 1.82) is 0 Å². The number of hydrogen-bond acceptors (Lipinski definition) is 5. The lowest BCUT2D eigenvalue weighted by molar-refractivity contribution is -0.138. The van der Waals surface area contributed by atoms with Crippen LogP contribution in [0.25, 0.3) is 0 Å². The molecule has 1 aliphatic carbocycles. The van der Waals surface area contributed by atoms with E-state index in [0.717, 1.165) is 24.5 Å². The maximum atomic E-state index is 13.3. The van der Waals surface area contributed by atoms with E-state index in [-0.39, 0.29) is 36.3 Å². The number of nitrogens with zero attached hydrogens (tertiary/aromatic N) is 4. The van der Waals surface area contributed by atoms with E-state index in [0.29, 0.717) is 31.2 Å². The number of hydrogen-bond donors (Lipinski definition) is 1. The van der Waals surface area contributed by atoms with Gasteiger partial charge in [0, 0.05) is 31.7 Å². The van der Waals surface area contributed by atoms with Crippen LogP contribution in [0.1, 0.15) is 44.8 Å². The number of rotatable bonds is 4. The molecule has 0 radical (unpaired) electrons. The number of benzene rings is 1. The van der Waals surface area contributed by atoms with E-state index in [1.165, 1.54) is 23.1 Å². The van der Waals surface area contributed by atoms with Crippen molar-refractivity contribution in [3.8, 4) is 0 Å². The predicted molar refractivity (Wildman–Crippen MR) is 109 cm³/mol. The van der Waals surface area contributed by atoms with Crippen molar-refractivity contribution in [1.82, 2.24) is 20.4 Å². The zero-order valence-electron chi connectivity index (χ0n) is 17.2. The van der Waals surface area contributed by atoms with Crippen molar-refractivity contribution in [3.05, 3.63) is 52.7 Å². The summed E-state index contributed by atoms with van der Waals surface area (Å²) in [4.78, 5) is 28.7. The van der Waals surface area contributed by atoms with E-state index in [1.807, 2.05) is 4.90 Å². The minimum Gasteiger partial charge on any atom is -0.350 e. The van der Waals surface area contributed by atoms with Gasteiger partial charge in [0.15, 0.2) is 11.5 Å². The van der Waals surface area contributed by atoms with Crippen LogP contribution < -0.4 is 10.2 Å². The van der Waals surface area contributed by atoms with Crippen molar-refractivity contribution in [2.24, 2.45) is 5.92 Å². The quantitative estimate of drug-likeness (QED) is 0.783. The second-order valence-electron chi connectivity index (χ2n) is 8.58. The third-order valence-corrected chi connectivity index (χ3v) is 6.29. The molecule has 1 atom stereocenters. The third kappa shape index (κ3) is 3.89. The van der Waals surface area contributed by atoms with Crippen LogP contribution in [0.15, 0.2) is 30.3 Å². The molecule has 2 fully saturated rings. The van der Waals surface area contributed by atoms with Gasteiger partial charge in [0.05, 0.1) is 17.2 Å². The molecule has 3 aliphatic rings. The van der Waals surface area contributed by atoms with Crippen LogP contribution in [0.3, 0.4) is 0 Å². The summed E-state index contributed by atoms with van der Waals surface area (Å²) in [7, 11) is 0. The van der Waals surface area contributed by atoms with E-state index in [9.17, 15) is 22.8 Å². The van der Waals surface area contributed by atoms with Gasteiger partial charge >= 0.3 is 6.18 Å².